The number of aromatic nitrogens is 1. The van der Waals surface area contributed by atoms with Gasteiger partial charge in [0.2, 0.25) is 0 Å². The molecular weight excluding hydrogens is 334 g/mol. The monoisotopic (exact) mass is 363 g/mol. The van der Waals surface area contributed by atoms with Crippen LogP contribution in [0.15, 0.2) is 46.5 Å². The van der Waals surface area contributed by atoms with E-state index in [-0.39, 0.29) is 0 Å². The molecule has 1 aromatic carbocycles. The molecule has 5 nitrogen and oxygen atoms in total. The number of hydrogen-bond donors (Lipinski definition) is 2. The van der Waals surface area contributed by atoms with E-state index in [1.807, 2.05) is 12.3 Å². The summed E-state index contributed by atoms with van der Waals surface area (Å²) in [4.78, 5) is 8.76. The maximum Gasteiger partial charge on any atom is 0.125 e. The van der Waals surface area contributed by atoms with E-state index >= 15 is 0 Å². The number of amidine groups is 1. The fourth-order valence-electron chi connectivity index (χ4n) is 3.41. The van der Waals surface area contributed by atoms with E-state index < -0.39 is 0 Å². The van der Waals surface area contributed by atoms with Crippen LogP contribution in [0.3, 0.4) is 0 Å². The van der Waals surface area contributed by atoms with Crippen molar-refractivity contribution in [3.63, 3.8) is 0 Å². The van der Waals surface area contributed by atoms with Gasteiger partial charge in [-0.25, -0.2) is 0 Å². The summed E-state index contributed by atoms with van der Waals surface area (Å²) in [7, 11) is 1.78. The Balaban J connectivity index is 1.77. The van der Waals surface area contributed by atoms with Crippen molar-refractivity contribution < 1.29 is 0 Å². The smallest absolute Gasteiger partial charge is 0.125 e. The third kappa shape index (κ3) is 4.95. The SMILES string of the molecule is C/C=c1/ccn(Cc2ccc(C(N)=NC3CCCNC3)cc2)/c1=C/C=NC. The first kappa shape index (κ1) is 19.1. The van der Waals surface area contributed by atoms with Crippen LogP contribution in [-0.4, -0.2) is 42.8 Å². The summed E-state index contributed by atoms with van der Waals surface area (Å²) in [6.45, 7) is 4.87. The number of nitrogens with one attached hydrogen (secondary N) is 1. The summed E-state index contributed by atoms with van der Waals surface area (Å²) in [6, 6.07) is 10.8. The normalized spacial score (nSPS) is 19.9. The molecule has 1 unspecified atom stereocenters. The third-order valence-electron chi connectivity index (χ3n) is 4.93. The minimum atomic E-state index is 0.292. The highest BCUT2D eigenvalue weighted by atomic mass is 15.0. The van der Waals surface area contributed by atoms with Gasteiger partial charge < -0.3 is 15.6 Å². The molecule has 1 aliphatic heterocycles. The largest absolute Gasteiger partial charge is 0.383 e. The van der Waals surface area contributed by atoms with E-state index in [0.717, 1.165) is 43.4 Å². The van der Waals surface area contributed by atoms with E-state index in [1.165, 1.54) is 10.8 Å². The van der Waals surface area contributed by atoms with Crippen LogP contribution in [0.4, 0.5) is 0 Å². The van der Waals surface area contributed by atoms with E-state index in [0.29, 0.717) is 11.9 Å². The van der Waals surface area contributed by atoms with E-state index in [9.17, 15) is 0 Å². The lowest BCUT2D eigenvalue weighted by molar-refractivity contribution is 0.461. The molecule has 0 bridgehead atoms. The Morgan fingerprint density at radius 3 is 2.78 bits per heavy atom. The van der Waals surface area contributed by atoms with Crippen LogP contribution in [0, 0.1) is 0 Å². The molecule has 5 heteroatoms. The van der Waals surface area contributed by atoms with Crippen LogP contribution in [0.25, 0.3) is 12.2 Å². The van der Waals surface area contributed by atoms with Gasteiger partial charge in [-0.3, -0.25) is 9.98 Å². The van der Waals surface area contributed by atoms with Gasteiger partial charge >= 0.3 is 0 Å². The molecule has 1 fully saturated rings. The fraction of sp³-hybridized carbons (Fsp3) is 0.364. The molecule has 0 saturated carbocycles. The van der Waals surface area contributed by atoms with Gasteiger partial charge in [0.05, 0.1) is 6.04 Å². The van der Waals surface area contributed by atoms with Crippen molar-refractivity contribution in [3.05, 3.63) is 58.2 Å². The summed E-state index contributed by atoms with van der Waals surface area (Å²) in [6.07, 6.45) is 10.4. The Kier molecular flexibility index (Phi) is 6.60. The van der Waals surface area contributed by atoms with E-state index in [2.05, 4.69) is 69.4 Å². The zero-order valence-corrected chi connectivity index (χ0v) is 16.2. The zero-order chi connectivity index (χ0) is 19.1. The molecule has 3 N–H and O–H groups in total. The first-order valence-corrected chi connectivity index (χ1v) is 9.58. The number of benzene rings is 1. The quantitative estimate of drug-likeness (QED) is 0.621. The molecule has 0 aliphatic carbocycles. The van der Waals surface area contributed by atoms with Gasteiger partial charge in [-0.1, -0.05) is 30.3 Å². The molecule has 1 aromatic heterocycles. The summed E-state index contributed by atoms with van der Waals surface area (Å²) >= 11 is 0. The molecule has 1 saturated heterocycles. The Labute approximate surface area is 161 Å². The standard InChI is InChI=1S/C22H29N5/c1-3-18-11-14-27(21(18)10-13-24-2)16-17-6-8-19(9-7-17)22(23)26-20-5-4-12-25-15-20/h3,6-11,13-14,20,25H,4-5,12,15-16H2,1-2H3,(H2,23,26)/b18-3-,21-10+,24-13?. The molecule has 27 heavy (non-hydrogen) atoms. The lowest BCUT2D eigenvalue weighted by Gasteiger charge is -2.19. The molecule has 1 atom stereocenters. The molecule has 3 rings (SSSR count). The summed E-state index contributed by atoms with van der Waals surface area (Å²) in [5, 5.41) is 5.75. The van der Waals surface area contributed by atoms with Crippen LogP contribution in [0.2, 0.25) is 0 Å². The number of hydrogen-bond acceptors (Lipinski definition) is 3. The second kappa shape index (κ2) is 9.33. The number of nitrogens with two attached hydrogens (primary N) is 1. The first-order chi connectivity index (χ1) is 13.2. The highest BCUT2D eigenvalue weighted by molar-refractivity contribution is 5.97. The maximum absolute atomic E-state index is 6.22. The highest BCUT2D eigenvalue weighted by Crippen LogP contribution is 2.09. The molecule has 0 spiro atoms. The predicted octanol–water partition coefficient (Wildman–Crippen LogP) is 1.28. The molecule has 1 aliphatic rings. The highest BCUT2D eigenvalue weighted by Gasteiger charge is 2.12. The molecule has 2 heterocycles. The minimum absolute atomic E-state index is 0.292. The maximum atomic E-state index is 6.22. The molecular formula is C22H29N5. The first-order valence-electron chi connectivity index (χ1n) is 9.58. The van der Waals surface area contributed by atoms with Gasteiger partial charge in [0.25, 0.3) is 0 Å². The lowest BCUT2D eigenvalue weighted by atomic mass is 10.1. The van der Waals surface area contributed by atoms with Crippen molar-refractivity contribution in [1.82, 2.24) is 9.88 Å². The summed E-state index contributed by atoms with van der Waals surface area (Å²) < 4.78 is 2.23. The van der Waals surface area contributed by atoms with E-state index in [1.54, 1.807) is 7.05 Å². The van der Waals surface area contributed by atoms with Crippen LogP contribution in [0.1, 0.15) is 30.9 Å². The van der Waals surface area contributed by atoms with Crippen molar-refractivity contribution in [2.45, 2.75) is 32.4 Å². The number of piperidine rings is 1. The summed E-state index contributed by atoms with van der Waals surface area (Å²) in [5.41, 5.74) is 8.44. The van der Waals surface area contributed by atoms with Gasteiger partial charge in [-0.05, 0) is 49.2 Å². The fourth-order valence-corrected chi connectivity index (χ4v) is 3.41. The van der Waals surface area contributed by atoms with Crippen molar-refractivity contribution in [3.8, 4) is 0 Å². The topological polar surface area (TPSA) is 67.7 Å². The number of aliphatic imine (C=N–C) groups is 2. The van der Waals surface area contributed by atoms with Crippen LogP contribution in [0.5, 0.6) is 0 Å². The van der Waals surface area contributed by atoms with Crippen LogP contribution < -0.4 is 21.6 Å². The lowest BCUT2D eigenvalue weighted by Crippen LogP contribution is -2.34. The average molecular weight is 364 g/mol. The van der Waals surface area contributed by atoms with Gasteiger partial charge in [-0.2, -0.15) is 0 Å². The van der Waals surface area contributed by atoms with E-state index in [4.69, 9.17) is 5.73 Å². The molecule has 0 radical (unpaired) electrons. The second-order valence-electron chi connectivity index (χ2n) is 6.86. The summed E-state index contributed by atoms with van der Waals surface area (Å²) in [5.74, 6) is 0.632. The Bertz CT molecular complexity index is 913. The molecule has 142 valence electrons. The predicted molar refractivity (Wildman–Crippen MR) is 115 cm³/mol. The minimum Gasteiger partial charge on any atom is -0.383 e. The Morgan fingerprint density at radius 1 is 1.30 bits per heavy atom. The van der Waals surface area contributed by atoms with Crippen molar-refractivity contribution >= 4 is 24.2 Å². The second-order valence-corrected chi connectivity index (χ2v) is 6.86. The van der Waals surface area contributed by atoms with Crippen molar-refractivity contribution in [2.75, 3.05) is 20.1 Å². The van der Waals surface area contributed by atoms with Gasteiger partial charge in [0.15, 0.2) is 0 Å². The Hall–Kier alpha value is -2.66. The number of rotatable bonds is 5. The molecule has 0 amide bonds. The zero-order valence-electron chi connectivity index (χ0n) is 16.2. The van der Waals surface area contributed by atoms with Crippen molar-refractivity contribution in [2.24, 2.45) is 15.7 Å². The van der Waals surface area contributed by atoms with Crippen LogP contribution >= 0.6 is 0 Å². The van der Waals surface area contributed by atoms with Gasteiger partial charge in [0.1, 0.15) is 5.84 Å². The number of nitrogens with zero attached hydrogens (tertiary/aromatic N) is 3. The van der Waals surface area contributed by atoms with Gasteiger partial charge in [-0.15, -0.1) is 0 Å². The van der Waals surface area contributed by atoms with Crippen LogP contribution in [-0.2, 0) is 6.54 Å². The average Bonchev–Trinajstić information content (AvgIpc) is 3.09. The van der Waals surface area contributed by atoms with Crippen molar-refractivity contribution in [1.29, 1.82) is 0 Å². The van der Waals surface area contributed by atoms with Gasteiger partial charge in [0, 0.05) is 43.5 Å². The molecule has 2 aromatic rings. The third-order valence-corrected chi connectivity index (χ3v) is 4.93. The Morgan fingerprint density at radius 2 is 2.11 bits per heavy atom.